The maximum atomic E-state index is 3.33. The van der Waals surface area contributed by atoms with Gasteiger partial charge in [0.25, 0.3) is 0 Å². The van der Waals surface area contributed by atoms with Gasteiger partial charge in [0.2, 0.25) is 0 Å². The van der Waals surface area contributed by atoms with Gasteiger partial charge in [-0.1, -0.05) is 152 Å². The highest BCUT2D eigenvalue weighted by Gasteiger charge is 2.52. The summed E-state index contributed by atoms with van der Waals surface area (Å²) in [6, 6.07) is 42.9. The molecule has 2 nitrogen and oxygen atoms in total. The molecule has 11 rings (SSSR count). The molecule has 0 bridgehead atoms. The minimum Gasteiger partial charge on any atom is -0.315 e. The van der Waals surface area contributed by atoms with E-state index in [2.05, 4.69) is 236 Å². The van der Waals surface area contributed by atoms with Crippen molar-refractivity contribution in [3.63, 3.8) is 0 Å². The molecule has 5 aromatic carbocycles. The minimum absolute atomic E-state index is 0.377. The summed E-state index contributed by atoms with van der Waals surface area (Å²) in [6.45, 7) is 4.32. The van der Waals surface area contributed by atoms with Crippen molar-refractivity contribution in [1.82, 2.24) is 4.90 Å². The van der Waals surface area contributed by atoms with E-state index in [1.165, 1.54) is 72.8 Å². The van der Waals surface area contributed by atoms with Gasteiger partial charge >= 0.3 is 0 Å². The number of nitrogens with zero attached hydrogens (tertiary/aromatic N) is 2. The number of para-hydroxylation sites is 1. The Morgan fingerprint density at radius 2 is 1.52 bits per heavy atom. The summed E-state index contributed by atoms with van der Waals surface area (Å²) in [6.07, 6.45) is 37.7. The Labute approximate surface area is 359 Å². The Morgan fingerprint density at radius 3 is 2.34 bits per heavy atom. The normalized spacial score (nSPS) is 18.4. The van der Waals surface area contributed by atoms with Crippen LogP contribution in [0.2, 0.25) is 0 Å². The second-order valence-corrected chi connectivity index (χ2v) is 16.4. The Balaban J connectivity index is 1.13. The summed E-state index contributed by atoms with van der Waals surface area (Å²) in [5.74, 6) is 0.377. The number of benzene rings is 5. The van der Waals surface area contributed by atoms with Gasteiger partial charge in [0.15, 0.2) is 0 Å². The van der Waals surface area contributed by atoms with Crippen molar-refractivity contribution in [3.05, 3.63) is 268 Å². The van der Waals surface area contributed by atoms with Gasteiger partial charge in [-0.2, -0.15) is 0 Å². The Kier molecular flexibility index (Phi) is 9.03. The van der Waals surface area contributed by atoms with Crippen LogP contribution in [0.25, 0.3) is 28.9 Å². The van der Waals surface area contributed by atoms with Crippen LogP contribution >= 0.6 is 0 Å². The van der Waals surface area contributed by atoms with Gasteiger partial charge in [-0.3, -0.25) is 0 Å². The average molecular weight is 783 g/mol. The van der Waals surface area contributed by atoms with Crippen molar-refractivity contribution in [1.29, 1.82) is 0 Å². The topological polar surface area (TPSA) is 6.48 Å². The Morgan fingerprint density at radius 1 is 0.721 bits per heavy atom. The molecule has 0 radical (unpaired) electrons. The molecular weight excluding hydrogens is 737 g/mol. The van der Waals surface area contributed by atoms with Crippen LogP contribution in [0, 0.1) is 5.92 Å². The number of anilines is 3. The average Bonchev–Trinajstić information content (AvgIpc) is 3.46. The fourth-order valence-corrected chi connectivity index (χ4v) is 10.6. The largest absolute Gasteiger partial charge is 0.315 e. The van der Waals surface area contributed by atoms with E-state index in [9.17, 15) is 0 Å². The summed E-state index contributed by atoms with van der Waals surface area (Å²) in [5.41, 5.74) is 24.2. The lowest BCUT2D eigenvalue weighted by Crippen LogP contribution is -2.28. The summed E-state index contributed by atoms with van der Waals surface area (Å²) < 4.78 is 0. The number of fused-ring (bicyclic) bond motifs is 11. The number of hydrogen-bond acceptors (Lipinski definition) is 2. The van der Waals surface area contributed by atoms with Crippen LogP contribution < -0.4 is 4.90 Å². The molecule has 0 fully saturated rings. The van der Waals surface area contributed by atoms with Crippen molar-refractivity contribution >= 4 is 34.8 Å². The van der Waals surface area contributed by atoms with Crippen LogP contribution in [0.5, 0.6) is 0 Å². The highest BCUT2D eigenvalue weighted by atomic mass is 15.2. The van der Waals surface area contributed by atoms with E-state index in [1.54, 1.807) is 0 Å². The van der Waals surface area contributed by atoms with E-state index in [1.807, 2.05) is 6.08 Å². The fourth-order valence-electron chi connectivity index (χ4n) is 10.6. The second-order valence-electron chi connectivity index (χ2n) is 16.4. The molecule has 0 N–H and O–H groups in total. The Hall–Kier alpha value is -7.38. The van der Waals surface area contributed by atoms with Crippen LogP contribution in [-0.2, 0) is 5.41 Å². The van der Waals surface area contributed by atoms with Crippen molar-refractivity contribution < 1.29 is 0 Å². The predicted octanol–water partition coefficient (Wildman–Crippen LogP) is 15.0. The van der Waals surface area contributed by atoms with Crippen LogP contribution in [0.3, 0.4) is 0 Å². The smallest absolute Gasteiger partial charge is 0.0692 e. The molecule has 2 heteroatoms. The van der Waals surface area contributed by atoms with Crippen molar-refractivity contribution in [2.45, 2.75) is 32.1 Å². The quantitative estimate of drug-likeness (QED) is 0.120. The lowest BCUT2D eigenvalue weighted by Gasteiger charge is -2.35. The van der Waals surface area contributed by atoms with Gasteiger partial charge in [-0.15, -0.1) is 5.73 Å². The van der Waals surface area contributed by atoms with Gasteiger partial charge in [0, 0.05) is 39.9 Å². The van der Waals surface area contributed by atoms with Gasteiger partial charge in [0.1, 0.15) is 0 Å². The molecule has 0 saturated carbocycles. The first-order chi connectivity index (χ1) is 30.2. The van der Waals surface area contributed by atoms with Crippen LogP contribution in [0.1, 0.15) is 60.1 Å². The highest BCUT2D eigenvalue weighted by molar-refractivity contribution is 5.98. The molecule has 0 aliphatic heterocycles. The second kappa shape index (κ2) is 15.0. The molecule has 0 saturated heterocycles. The van der Waals surface area contributed by atoms with E-state index in [0.717, 1.165) is 35.5 Å². The SMILES string of the molecule is C/C=C\C=C(/C)N(C1=CCC2=C(C=C1)c1ccc(N(c3ccccc3)c3cccc4c3C=CC=C=C4)cc1C21c2ccccc2-c2ccccc21)C1=C2C=CC=CC2CC=C1. The molecule has 1 unspecified atom stereocenters. The highest BCUT2D eigenvalue weighted by Crippen LogP contribution is 2.64. The molecule has 0 amide bonds. The van der Waals surface area contributed by atoms with E-state index in [4.69, 9.17) is 0 Å². The monoisotopic (exact) mass is 782 g/mol. The molecule has 6 aliphatic carbocycles. The van der Waals surface area contributed by atoms with Gasteiger partial charge < -0.3 is 9.80 Å². The third kappa shape index (κ3) is 5.79. The van der Waals surface area contributed by atoms with Crippen molar-refractivity contribution in [3.8, 4) is 11.1 Å². The Bertz CT molecular complexity index is 2990. The minimum atomic E-state index is -0.484. The summed E-state index contributed by atoms with van der Waals surface area (Å²) in [7, 11) is 0. The maximum Gasteiger partial charge on any atom is 0.0692 e. The van der Waals surface area contributed by atoms with Crippen LogP contribution in [0.4, 0.5) is 17.1 Å². The number of allylic oxidation sites excluding steroid dienone is 18. The van der Waals surface area contributed by atoms with Gasteiger partial charge in [-0.25, -0.2) is 0 Å². The zero-order chi connectivity index (χ0) is 40.9. The number of rotatable bonds is 7. The van der Waals surface area contributed by atoms with Gasteiger partial charge in [-0.05, 0) is 143 Å². The van der Waals surface area contributed by atoms with Gasteiger partial charge in [0.05, 0.1) is 11.1 Å². The van der Waals surface area contributed by atoms with Crippen LogP contribution in [-0.4, -0.2) is 4.90 Å². The zero-order valence-corrected chi connectivity index (χ0v) is 34.6. The predicted molar refractivity (Wildman–Crippen MR) is 256 cm³/mol. The first kappa shape index (κ1) is 36.7. The molecule has 292 valence electrons. The summed E-state index contributed by atoms with van der Waals surface area (Å²) in [5, 5.41) is 0. The third-order valence-electron chi connectivity index (χ3n) is 13.2. The summed E-state index contributed by atoms with van der Waals surface area (Å²) in [4.78, 5) is 4.92. The zero-order valence-electron chi connectivity index (χ0n) is 34.6. The maximum absolute atomic E-state index is 3.33. The fraction of sp³-hybridized carbons (Fsp3) is 0.102. The number of hydrogen-bond donors (Lipinski definition) is 0. The van der Waals surface area contributed by atoms with E-state index < -0.39 is 5.41 Å². The van der Waals surface area contributed by atoms with Crippen molar-refractivity contribution in [2.24, 2.45) is 5.92 Å². The summed E-state index contributed by atoms with van der Waals surface area (Å²) >= 11 is 0. The first-order valence-corrected chi connectivity index (χ1v) is 21.6. The molecule has 6 aliphatic rings. The van der Waals surface area contributed by atoms with Crippen LogP contribution in [0.15, 0.2) is 234 Å². The molecule has 1 atom stereocenters. The molecule has 0 aromatic heterocycles. The standard InChI is InChI=1S/C59H46N2/c1-3-4-19-41(2)60(57-32-17-22-43-21-11-12-27-47(43)57)45-34-37-51-52-38-35-46(61(44-24-8-6-9-25-44)58-33-18-23-42-20-7-5-10-26-48(42)58)40-56(52)59(55(51)39-36-45)53-30-15-13-28-49(53)50-29-14-16-31-54(50)59/h3-6,8-21,23-38,40,43H,22,39H2,1-2H3/b4-3-,41-19+. The van der Waals surface area contributed by atoms with E-state index in [-0.39, 0.29) is 0 Å². The molecule has 0 heterocycles. The lowest BCUT2D eigenvalue weighted by molar-refractivity contribution is 0.536. The first-order valence-electron chi connectivity index (χ1n) is 21.6. The molecule has 5 aromatic rings. The van der Waals surface area contributed by atoms with E-state index in [0.29, 0.717) is 5.92 Å². The molecular formula is C59H46N2. The third-order valence-corrected chi connectivity index (χ3v) is 13.2. The van der Waals surface area contributed by atoms with E-state index >= 15 is 0 Å². The van der Waals surface area contributed by atoms with Crippen molar-refractivity contribution in [2.75, 3.05) is 4.90 Å². The molecule has 1 spiro atoms. The lowest BCUT2D eigenvalue weighted by atomic mass is 9.68. The molecule has 61 heavy (non-hydrogen) atoms.